The van der Waals surface area contributed by atoms with E-state index in [1.54, 1.807) is 0 Å². The summed E-state index contributed by atoms with van der Waals surface area (Å²) in [6.07, 6.45) is 5.90. The molecule has 0 aromatic rings. The van der Waals surface area contributed by atoms with E-state index in [9.17, 15) is 0 Å². The average Bonchev–Trinajstić information content (AvgIpc) is 1.72. The topological polar surface area (TPSA) is 12.4 Å². The van der Waals surface area contributed by atoms with E-state index < -0.39 is 0 Å². The molecular weight excluding hydrogens is 132 g/mol. The average molecular weight is 136 g/mol. The van der Waals surface area contributed by atoms with Gasteiger partial charge in [0.15, 0.2) is 0 Å². The number of rotatable bonds is 0. The van der Waals surface area contributed by atoms with Gasteiger partial charge in [0.1, 0.15) is 0 Å². The minimum atomic E-state index is -0.258. The molecule has 0 amide bonds. The third-order valence-corrected chi connectivity index (χ3v) is 2.12. The van der Waals surface area contributed by atoms with Crippen LogP contribution in [0.15, 0.2) is 26.6 Å². The van der Waals surface area contributed by atoms with Crippen LogP contribution in [0.1, 0.15) is 0 Å². The van der Waals surface area contributed by atoms with Crippen molar-refractivity contribution >= 4 is 17.2 Å². The number of nitrogens with zero attached hydrogens (tertiary/aromatic N) is 1. The zero-order chi connectivity index (χ0) is 4.24. The van der Waals surface area contributed by atoms with E-state index in [-0.39, 0.29) is 17.2 Å². The molecule has 0 bridgehead atoms. The normalized spacial score (nSPS) is 14.7. The third kappa shape index (κ3) is 0.952. The van der Waals surface area contributed by atoms with Crippen molar-refractivity contribution in [2.45, 2.75) is 0 Å². The van der Waals surface area contributed by atoms with Crippen molar-refractivity contribution in [1.29, 1.82) is 0 Å². The van der Waals surface area contributed by atoms with Crippen molar-refractivity contribution in [3.8, 4) is 0 Å². The first-order valence-electron chi connectivity index (χ1n) is 1.85. The molecule has 28 valence electrons. The Morgan fingerprint density at radius 1 is 1.33 bits per heavy atom. The molecule has 0 atom stereocenters. The van der Waals surface area contributed by atoms with Crippen LogP contribution in [0.2, 0.25) is 0 Å². The molecule has 0 unspecified atom stereocenters. The molecule has 1 aliphatic heterocycles. The van der Waals surface area contributed by atoms with Crippen LogP contribution in [0.25, 0.3) is 0 Å². The van der Waals surface area contributed by atoms with Crippen LogP contribution in [-0.2, 0) is 0 Å². The fourth-order valence-electron chi connectivity index (χ4n) is 0.313. The number of hydrogen-bond acceptors (Lipinski definition) is 1. The van der Waals surface area contributed by atoms with E-state index in [2.05, 4.69) is 14.4 Å². The summed E-state index contributed by atoms with van der Waals surface area (Å²) < 4.78 is 6.24. The van der Waals surface area contributed by atoms with Crippen molar-refractivity contribution < 1.29 is 0 Å². The van der Waals surface area contributed by atoms with E-state index >= 15 is 0 Å². The Bertz CT molecular complexity index is 76.9. The van der Waals surface area contributed by atoms with Crippen molar-refractivity contribution in [3.63, 3.8) is 0 Å². The summed E-state index contributed by atoms with van der Waals surface area (Å²) in [7, 11) is 0. The Hall–Kier alpha value is -0.0836. The second-order valence-electron chi connectivity index (χ2n) is 1.02. The Labute approximate surface area is 44.4 Å². The number of allylic oxidation sites excluding steroid dienone is 2. The fraction of sp³-hybridized carbons (Fsp3) is 0. The molecule has 1 nitrogen and oxygen atoms in total. The van der Waals surface area contributed by atoms with Gasteiger partial charge in [-0.25, -0.2) is 0 Å². The molecule has 2 heteroatoms. The quantitative estimate of drug-likeness (QED) is 0.439. The zero-order valence-corrected chi connectivity index (χ0v) is 5.76. The molecule has 0 N–H and O–H groups in total. The SMILES string of the molecule is C1=C[N]=[Ga][CH]=C1. The Morgan fingerprint density at radius 2 is 2.33 bits per heavy atom. The molecule has 0 spiro atoms. The summed E-state index contributed by atoms with van der Waals surface area (Å²) in [6, 6.07) is 0. The van der Waals surface area contributed by atoms with Gasteiger partial charge < -0.3 is 0 Å². The van der Waals surface area contributed by atoms with Crippen LogP contribution in [-0.4, -0.2) is 17.2 Å². The second-order valence-corrected chi connectivity index (χ2v) is 3.08. The maximum atomic E-state index is 4.07. The summed E-state index contributed by atoms with van der Waals surface area (Å²) >= 11 is -0.258. The van der Waals surface area contributed by atoms with E-state index in [1.165, 1.54) is 0 Å². The first-order chi connectivity index (χ1) is 3.00. The van der Waals surface area contributed by atoms with Gasteiger partial charge >= 0.3 is 43.9 Å². The predicted molar refractivity (Wildman–Crippen MR) is 26.5 cm³/mol. The Morgan fingerprint density at radius 3 is 2.50 bits per heavy atom. The summed E-state index contributed by atoms with van der Waals surface area (Å²) in [4.78, 5) is 0. The second kappa shape index (κ2) is 2.15. The first kappa shape index (κ1) is 4.09. The molecule has 1 aliphatic rings. The Balaban J connectivity index is 2.77. The summed E-state index contributed by atoms with van der Waals surface area (Å²) in [6.45, 7) is 0. The van der Waals surface area contributed by atoms with Gasteiger partial charge in [-0.1, -0.05) is 0 Å². The fourth-order valence-corrected chi connectivity index (χ4v) is 1.42. The summed E-state index contributed by atoms with van der Waals surface area (Å²) in [5.41, 5.74) is 0. The summed E-state index contributed by atoms with van der Waals surface area (Å²) in [5.74, 6) is 0. The molecule has 6 heavy (non-hydrogen) atoms. The van der Waals surface area contributed by atoms with Gasteiger partial charge in [-0.2, -0.15) is 0 Å². The third-order valence-electron chi connectivity index (χ3n) is 0.566. The molecule has 0 saturated carbocycles. The summed E-state index contributed by atoms with van der Waals surface area (Å²) in [5, 5.41) is 0. The van der Waals surface area contributed by atoms with Gasteiger partial charge in [0.2, 0.25) is 0 Å². The van der Waals surface area contributed by atoms with Crippen LogP contribution >= 0.6 is 0 Å². The van der Waals surface area contributed by atoms with Crippen molar-refractivity contribution in [2.24, 2.45) is 3.65 Å². The molecule has 0 aromatic carbocycles. The molecule has 0 saturated heterocycles. The standard InChI is InChI=1S/C4H4N.Ga/c1-2-3-4-5;/h1-4H;. The van der Waals surface area contributed by atoms with E-state index in [4.69, 9.17) is 0 Å². The maximum absolute atomic E-state index is 4.07. The van der Waals surface area contributed by atoms with Crippen molar-refractivity contribution in [3.05, 3.63) is 23.0 Å². The molecule has 1 rings (SSSR count). The molecular formula is C4H4GaN. The Kier molecular flexibility index (Phi) is 1.47. The van der Waals surface area contributed by atoms with Crippen LogP contribution in [0.4, 0.5) is 0 Å². The van der Waals surface area contributed by atoms with Crippen LogP contribution < -0.4 is 0 Å². The zero-order valence-electron chi connectivity index (χ0n) is 3.33. The number of hydrogen-bond donors (Lipinski definition) is 0. The van der Waals surface area contributed by atoms with Crippen LogP contribution in [0.3, 0.4) is 0 Å². The van der Waals surface area contributed by atoms with Crippen molar-refractivity contribution in [2.75, 3.05) is 0 Å². The molecule has 0 aromatic heterocycles. The van der Waals surface area contributed by atoms with Crippen LogP contribution in [0.5, 0.6) is 0 Å². The van der Waals surface area contributed by atoms with E-state index in [0.29, 0.717) is 0 Å². The van der Waals surface area contributed by atoms with E-state index in [1.807, 2.05) is 12.3 Å². The molecule has 1 heterocycles. The van der Waals surface area contributed by atoms with Gasteiger partial charge in [0.25, 0.3) is 0 Å². The minimum absolute atomic E-state index is 0.258. The molecule has 0 radical (unpaired) electrons. The van der Waals surface area contributed by atoms with E-state index in [0.717, 1.165) is 0 Å². The van der Waals surface area contributed by atoms with Gasteiger partial charge in [-0.05, 0) is 0 Å². The first-order valence-corrected chi connectivity index (χ1v) is 4.33. The van der Waals surface area contributed by atoms with Gasteiger partial charge in [0.05, 0.1) is 0 Å². The van der Waals surface area contributed by atoms with Gasteiger partial charge in [-0.3, -0.25) is 0 Å². The van der Waals surface area contributed by atoms with Crippen molar-refractivity contribution in [1.82, 2.24) is 0 Å². The monoisotopic (exact) mass is 135 g/mol. The van der Waals surface area contributed by atoms with Gasteiger partial charge in [0, 0.05) is 0 Å². The predicted octanol–water partition coefficient (Wildman–Crippen LogP) is 0.915. The molecule has 0 aliphatic carbocycles. The van der Waals surface area contributed by atoms with Gasteiger partial charge in [-0.15, -0.1) is 0 Å². The van der Waals surface area contributed by atoms with Crippen LogP contribution in [0, 0.1) is 0 Å². The molecule has 0 fully saturated rings.